The van der Waals surface area contributed by atoms with Crippen LogP contribution in [0.2, 0.25) is 0 Å². The third-order valence-corrected chi connectivity index (χ3v) is 8.74. The summed E-state index contributed by atoms with van der Waals surface area (Å²) in [6.07, 6.45) is 16.9. The Balaban J connectivity index is 1.33. The van der Waals surface area contributed by atoms with Crippen LogP contribution in [0.15, 0.2) is 11.1 Å². The molecule has 5 aliphatic rings. The molecule has 0 spiro atoms. The van der Waals surface area contributed by atoms with Crippen LogP contribution in [0, 0.1) is 35.5 Å². The van der Waals surface area contributed by atoms with Crippen LogP contribution in [0.3, 0.4) is 0 Å². The summed E-state index contributed by atoms with van der Waals surface area (Å²) in [7, 11) is 0. The van der Waals surface area contributed by atoms with Crippen molar-refractivity contribution in [1.29, 1.82) is 0 Å². The smallest absolute Gasteiger partial charge is 0.302 e. The van der Waals surface area contributed by atoms with Crippen molar-refractivity contribution in [3.8, 4) is 0 Å². The lowest BCUT2D eigenvalue weighted by atomic mass is 9.52. The highest BCUT2D eigenvalue weighted by Crippen LogP contribution is 2.59. The number of hydrogen-bond acceptors (Lipinski definition) is 2. The minimum absolute atomic E-state index is 0.0839. The molecule has 138 valence electrons. The van der Waals surface area contributed by atoms with Crippen LogP contribution >= 0.6 is 0 Å². The second-order valence-electron chi connectivity index (χ2n) is 9.74. The first-order valence-corrected chi connectivity index (χ1v) is 11.1. The molecule has 0 bridgehead atoms. The van der Waals surface area contributed by atoms with E-state index in [1.807, 2.05) is 11.1 Å². The maximum atomic E-state index is 11.3. The lowest BCUT2D eigenvalue weighted by Crippen LogP contribution is -2.45. The number of fused-ring (bicyclic) bond motifs is 6. The molecule has 2 heteroatoms. The van der Waals surface area contributed by atoms with Gasteiger partial charge in [0.05, 0.1) is 0 Å². The third kappa shape index (κ3) is 2.79. The molecule has 0 aromatic carbocycles. The Labute approximate surface area is 152 Å². The van der Waals surface area contributed by atoms with E-state index in [4.69, 9.17) is 4.74 Å². The maximum Gasteiger partial charge on any atom is 0.302 e. The van der Waals surface area contributed by atoms with Gasteiger partial charge in [-0.2, -0.15) is 0 Å². The Hall–Kier alpha value is -0.790. The van der Waals surface area contributed by atoms with Crippen molar-refractivity contribution in [3.05, 3.63) is 11.1 Å². The molecule has 0 radical (unpaired) electrons. The van der Waals surface area contributed by atoms with Crippen LogP contribution in [0.4, 0.5) is 0 Å². The molecular weight excluding hydrogens is 308 g/mol. The molecule has 0 N–H and O–H groups in total. The number of rotatable bonds is 1. The molecule has 0 aliphatic heterocycles. The molecule has 0 amide bonds. The van der Waals surface area contributed by atoms with Crippen LogP contribution in [0.25, 0.3) is 0 Å². The van der Waals surface area contributed by atoms with E-state index in [9.17, 15) is 4.79 Å². The van der Waals surface area contributed by atoms with Gasteiger partial charge in [0.15, 0.2) is 0 Å². The van der Waals surface area contributed by atoms with Crippen molar-refractivity contribution in [2.75, 3.05) is 0 Å². The van der Waals surface area contributed by atoms with Crippen molar-refractivity contribution in [2.24, 2.45) is 35.5 Å². The number of hydrogen-bond donors (Lipinski definition) is 0. The summed E-state index contributed by atoms with van der Waals surface area (Å²) >= 11 is 0. The van der Waals surface area contributed by atoms with Crippen LogP contribution in [-0.2, 0) is 9.53 Å². The van der Waals surface area contributed by atoms with Gasteiger partial charge < -0.3 is 4.74 Å². The van der Waals surface area contributed by atoms with Crippen LogP contribution < -0.4 is 0 Å². The Bertz CT molecular complexity index is 577. The lowest BCUT2D eigenvalue weighted by molar-refractivity contribution is -0.151. The SMILES string of the molecule is CC(=O)OC1CCC2C(CCC3C4CCC5CCCC5=C4CCC23)C1. The van der Waals surface area contributed by atoms with E-state index >= 15 is 0 Å². The summed E-state index contributed by atoms with van der Waals surface area (Å²) in [5, 5.41) is 0. The Morgan fingerprint density at radius 3 is 2.60 bits per heavy atom. The molecule has 0 aromatic rings. The van der Waals surface area contributed by atoms with Gasteiger partial charge >= 0.3 is 5.97 Å². The molecule has 7 unspecified atom stereocenters. The molecule has 4 saturated carbocycles. The molecule has 2 nitrogen and oxygen atoms in total. The Morgan fingerprint density at radius 2 is 1.72 bits per heavy atom. The monoisotopic (exact) mass is 342 g/mol. The van der Waals surface area contributed by atoms with Gasteiger partial charge in [-0.1, -0.05) is 11.1 Å². The Morgan fingerprint density at radius 1 is 0.840 bits per heavy atom. The van der Waals surface area contributed by atoms with Crippen molar-refractivity contribution >= 4 is 5.97 Å². The van der Waals surface area contributed by atoms with E-state index in [1.165, 1.54) is 64.2 Å². The number of carbonyl (C=O) groups is 1. The number of esters is 1. The van der Waals surface area contributed by atoms with Gasteiger partial charge in [0.1, 0.15) is 6.10 Å². The second kappa shape index (κ2) is 6.43. The summed E-state index contributed by atoms with van der Waals surface area (Å²) in [6.45, 7) is 1.57. The van der Waals surface area contributed by atoms with Gasteiger partial charge in [-0.3, -0.25) is 4.79 Å². The minimum Gasteiger partial charge on any atom is -0.463 e. The largest absolute Gasteiger partial charge is 0.463 e. The van der Waals surface area contributed by atoms with Gasteiger partial charge in [-0.05, 0) is 113 Å². The first-order chi connectivity index (χ1) is 12.2. The van der Waals surface area contributed by atoms with Gasteiger partial charge in [-0.15, -0.1) is 0 Å². The van der Waals surface area contributed by atoms with E-state index in [2.05, 4.69) is 0 Å². The summed E-state index contributed by atoms with van der Waals surface area (Å²) < 4.78 is 5.56. The molecule has 4 fully saturated rings. The zero-order chi connectivity index (χ0) is 17.0. The molecule has 5 rings (SSSR count). The topological polar surface area (TPSA) is 26.3 Å². The highest BCUT2D eigenvalue weighted by molar-refractivity contribution is 5.66. The molecule has 25 heavy (non-hydrogen) atoms. The van der Waals surface area contributed by atoms with Crippen LogP contribution in [0.1, 0.15) is 84.0 Å². The van der Waals surface area contributed by atoms with E-state index in [0.29, 0.717) is 0 Å². The van der Waals surface area contributed by atoms with Gasteiger partial charge in [0, 0.05) is 6.92 Å². The maximum absolute atomic E-state index is 11.3. The number of carbonyl (C=O) groups excluding carboxylic acids is 1. The predicted molar refractivity (Wildman–Crippen MR) is 98.9 cm³/mol. The second-order valence-corrected chi connectivity index (χ2v) is 9.74. The molecule has 0 heterocycles. The van der Waals surface area contributed by atoms with E-state index in [-0.39, 0.29) is 12.1 Å². The predicted octanol–water partition coefficient (Wildman–Crippen LogP) is 5.66. The fraction of sp³-hybridized carbons (Fsp3) is 0.870. The van der Waals surface area contributed by atoms with Crippen LogP contribution in [-0.4, -0.2) is 12.1 Å². The van der Waals surface area contributed by atoms with Gasteiger partial charge in [0.2, 0.25) is 0 Å². The van der Waals surface area contributed by atoms with E-state index in [1.54, 1.807) is 6.92 Å². The molecule has 0 saturated heterocycles. The standard InChI is InChI=1S/C23H34O2/c1-14(24)25-17-7-10-19-16(13-17)6-9-23-21(19)12-11-20-18-4-2-3-15(18)5-8-22(20)23/h15-17,19,21-23H,2-13H2,1H3. The summed E-state index contributed by atoms with van der Waals surface area (Å²) in [5.41, 5.74) is 3.90. The highest BCUT2D eigenvalue weighted by Gasteiger charge is 2.49. The fourth-order valence-electron chi connectivity index (χ4n) is 7.94. The van der Waals surface area contributed by atoms with Crippen molar-refractivity contribution in [1.82, 2.24) is 0 Å². The Kier molecular flexibility index (Phi) is 4.21. The van der Waals surface area contributed by atoms with Gasteiger partial charge in [0.25, 0.3) is 0 Å². The van der Waals surface area contributed by atoms with Crippen molar-refractivity contribution in [2.45, 2.75) is 90.1 Å². The number of allylic oxidation sites excluding steroid dienone is 2. The molecule has 0 aromatic heterocycles. The minimum atomic E-state index is -0.0839. The summed E-state index contributed by atoms with van der Waals surface area (Å²) in [4.78, 5) is 11.3. The normalized spacial score (nSPS) is 45.9. The van der Waals surface area contributed by atoms with Crippen molar-refractivity contribution < 1.29 is 9.53 Å². The van der Waals surface area contributed by atoms with Gasteiger partial charge in [-0.25, -0.2) is 0 Å². The summed E-state index contributed by atoms with van der Waals surface area (Å²) in [5.74, 6) is 5.58. The first-order valence-electron chi connectivity index (χ1n) is 11.1. The van der Waals surface area contributed by atoms with Crippen molar-refractivity contribution in [3.63, 3.8) is 0 Å². The van der Waals surface area contributed by atoms with E-state index in [0.717, 1.165) is 48.3 Å². The molecular formula is C23H34O2. The lowest BCUT2D eigenvalue weighted by Gasteiger charge is -2.53. The number of ether oxygens (including phenoxy) is 1. The van der Waals surface area contributed by atoms with Crippen LogP contribution in [0.5, 0.6) is 0 Å². The van der Waals surface area contributed by atoms with E-state index < -0.39 is 0 Å². The highest BCUT2D eigenvalue weighted by atomic mass is 16.5. The average Bonchev–Trinajstić information content (AvgIpc) is 3.09. The fourth-order valence-corrected chi connectivity index (χ4v) is 7.94. The molecule has 5 aliphatic carbocycles. The zero-order valence-electron chi connectivity index (χ0n) is 15.8. The molecule has 7 atom stereocenters. The quantitative estimate of drug-likeness (QED) is 0.454. The average molecular weight is 343 g/mol. The zero-order valence-corrected chi connectivity index (χ0v) is 15.8. The summed E-state index contributed by atoms with van der Waals surface area (Å²) in [6, 6.07) is 0. The first kappa shape index (κ1) is 16.4. The third-order valence-electron chi connectivity index (χ3n) is 8.74.